The average Bonchev–Trinajstić information content (AvgIpc) is 3.21. The quantitative estimate of drug-likeness (QED) is 0.598. The van der Waals surface area contributed by atoms with Gasteiger partial charge in [-0.05, 0) is 12.1 Å². The molecule has 150 valence electrons. The van der Waals surface area contributed by atoms with Crippen LogP contribution in [0.25, 0.3) is 5.69 Å². The van der Waals surface area contributed by atoms with E-state index in [4.69, 9.17) is 0 Å². The molecule has 0 saturated carbocycles. The lowest BCUT2D eigenvalue weighted by Gasteiger charge is -2.15. The Balaban J connectivity index is 2.12. The van der Waals surface area contributed by atoms with Gasteiger partial charge in [0.1, 0.15) is 11.6 Å². The summed E-state index contributed by atoms with van der Waals surface area (Å²) in [6.07, 6.45) is 0. The number of nitriles is 1. The summed E-state index contributed by atoms with van der Waals surface area (Å²) in [7, 11) is 0. The fourth-order valence-electron chi connectivity index (χ4n) is 2.90. The molecule has 0 aliphatic rings. The van der Waals surface area contributed by atoms with Crippen molar-refractivity contribution < 1.29 is 5.11 Å². The molecule has 1 aromatic carbocycles. The smallest absolute Gasteiger partial charge is 0.243 e. The molecule has 2 aromatic heterocycles. The number of hydrogen-bond donors (Lipinski definition) is 2. The summed E-state index contributed by atoms with van der Waals surface area (Å²) in [4.78, 5) is 0. The van der Waals surface area contributed by atoms with Crippen LogP contribution >= 0.6 is 0 Å². The first-order valence-electron chi connectivity index (χ1n) is 9.32. The van der Waals surface area contributed by atoms with Crippen LogP contribution in [0.2, 0.25) is 0 Å². The first-order valence-corrected chi connectivity index (χ1v) is 9.32. The van der Waals surface area contributed by atoms with Crippen LogP contribution in [-0.4, -0.2) is 25.1 Å². The van der Waals surface area contributed by atoms with E-state index in [1.165, 1.54) is 4.68 Å². The summed E-state index contributed by atoms with van der Waals surface area (Å²) in [5.41, 5.74) is 1.84. The van der Waals surface area contributed by atoms with Crippen LogP contribution in [0.1, 0.15) is 58.5 Å². The van der Waals surface area contributed by atoms with E-state index in [2.05, 4.69) is 31.6 Å². The maximum absolute atomic E-state index is 10.8. The molecule has 0 radical (unpaired) electrons. The normalized spacial score (nSPS) is 12.4. The van der Waals surface area contributed by atoms with Gasteiger partial charge in [-0.1, -0.05) is 59.7 Å². The lowest BCUT2D eigenvalue weighted by atomic mass is 9.90. The van der Waals surface area contributed by atoms with E-state index in [-0.39, 0.29) is 28.2 Å². The molecular weight excluding hydrogens is 366 g/mol. The molecule has 0 amide bonds. The van der Waals surface area contributed by atoms with Crippen LogP contribution in [0.15, 0.2) is 40.6 Å². The highest BCUT2D eigenvalue weighted by Crippen LogP contribution is 2.40. The highest BCUT2D eigenvalue weighted by Gasteiger charge is 2.28. The first-order chi connectivity index (χ1) is 13.5. The van der Waals surface area contributed by atoms with Crippen molar-refractivity contribution in [2.45, 2.75) is 52.4 Å². The monoisotopic (exact) mass is 391 g/mol. The summed E-state index contributed by atoms with van der Waals surface area (Å²) in [6.45, 7) is 11.9. The van der Waals surface area contributed by atoms with Crippen molar-refractivity contribution in [2.24, 2.45) is 10.2 Å². The van der Waals surface area contributed by atoms with Gasteiger partial charge in [-0.15, -0.1) is 10.2 Å². The number of aromatic amines is 1. The zero-order valence-electron chi connectivity index (χ0n) is 17.5. The molecule has 0 unspecified atom stereocenters. The summed E-state index contributed by atoms with van der Waals surface area (Å²) < 4.78 is 1.44. The van der Waals surface area contributed by atoms with Crippen molar-refractivity contribution in [3.8, 4) is 17.6 Å². The summed E-state index contributed by atoms with van der Waals surface area (Å²) in [6, 6.07) is 11.5. The van der Waals surface area contributed by atoms with Crippen molar-refractivity contribution >= 4 is 11.5 Å². The van der Waals surface area contributed by atoms with Crippen LogP contribution in [-0.2, 0) is 10.8 Å². The number of aromatic nitrogens is 4. The Morgan fingerprint density at radius 2 is 1.62 bits per heavy atom. The molecule has 0 aliphatic heterocycles. The summed E-state index contributed by atoms with van der Waals surface area (Å²) in [5.74, 6) is 0.142. The van der Waals surface area contributed by atoms with Crippen molar-refractivity contribution in [3.63, 3.8) is 0 Å². The van der Waals surface area contributed by atoms with Crippen LogP contribution in [0.3, 0.4) is 0 Å². The predicted molar refractivity (Wildman–Crippen MR) is 110 cm³/mol. The molecule has 2 N–H and O–H groups in total. The van der Waals surface area contributed by atoms with Gasteiger partial charge in [0.25, 0.3) is 0 Å². The maximum atomic E-state index is 10.8. The second kappa shape index (κ2) is 7.17. The highest BCUT2D eigenvalue weighted by molar-refractivity contribution is 5.58. The van der Waals surface area contributed by atoms with Crippen molar-refractivity contribution in [2.75, 3.05) is 0 Å². The van der Waals surface area contributed by atoms with Gasteiger partial charge < -0.3 is 5.11 Å². The third kappa shape index (κ3) is 3.90. The molecule has 0 spiro atoms. The van der Waals surface area contributed by atoms with E-state index < -0.39 is 0 Å². The molecule has 8 heteroatoms. The second-order valence-corrected chi connectivity index (χ2v) is 8.88. The molecule has 0 bridgehead atoms. The molecule has 0 aliphatic carbocycles. The molecule has 2 heterocycles. The molecule has 0 fully saturated rings. The number of rotatable bonds is 3. The minimum absolute atomic E-state index is 0.112. The first kappa shape index (κ1) is 20.3. The van der Waals surface area contributed by atoms with Gasteiger partial charge in [0, 0.05) is 10.8 Å². The van der Waals surface area contributed by atoms with Crippen LogP contribution in [0, 0.1) is 11.3 Å². The van der Waals surface area contributed by atoms with E-state index in [9.17, 15) is 10.4 Å². The van der Waals surface area contributed by atoms with E-state index in [1.807, 2.05) is 71.9 Å². The zero-order chi connectivity index (χ0) is 21.4. The Morgan fingerprint density at radius 1 is 1.00 bits per heavy atom. The molecule has 3 rings (SSSR count). The van der Waals surface area contributed by atoms with E-state index in [0.717, 1.165) is 0 Å². The predicted octanol–water partition coefficient (Wildman–Crippen LogP) is 5.18. The van der Waals surface area contributed by atoms with E-state index >= 15 is 0 Å². The number of nitrogens with zero attached hydrogens (tertiary/aromatic N) is 6. The SMILES string of the molecule is CC(C)(C)c1n[nH]c(/N=N/c2c(C(C)(C)C)nn(-c3ccccc3)c2O)c1C#N. The minimum atomic E-state index is -0.380. The lowest BCUT2D eigenvalue weighted by molar-refractivity contribution is 0.434. The van der Waals surface area contributed by atoms with Gasteiger partial charge >= 0.3 is 0 Å². The summed E-state index contributed by atoms with van der Waals surface area (Å²) in [5, 5.41) is 40.4. The largest absolute Gasteiger partial charge is 0.492 e. The Labute approximate surface area is 169 Å². The number of azo groups is 1. The lowest BCUT2D eigenvalue weighted by Crippen LogP contribution is -2.13. The van der Waals surface area contributed by atoms with Gasteiger partial charge in [-0.3, -0.25) is 5.10 Å². The topological polar surface area (TPSA) is 115 Å². The highest BCUT2D eigenvalue weighted by atomic mass is 16.3. The maximum Gasteiger partial charge on any atom is 0.243 e. The van der Waals surface area contributed by atoms with Gasteiger partial charge in [-0.25, -0.2) is 0 Å². The van der Waals surface area contributed by atoms with Gasteiger partial charge in [0.05, 0.1) is 17.1 Å². The molecule has 0 saturated heterocycles. The number of hydrogen-bond acceptors (Lipinski definition) is 6. The fraction of sp³-hybridized carbons (Fsp3) is 0.381. The van der Waals surface area contributed by atoms with Crippen molar-refractivity contribution in [1.82, 2.24) is 20.0 Å². The zero-order valence-corrected chi connectivity index (χ0v) is 17.5. The molecule has 8 nitrogen and oxygen atoms in total. The Kier molecular flexibility index (Phi) is 5.01. The fourth-order valence-corrected chi connectivity index (χ4v) is 2.90. The van der Waals surface area contributed by atoms with Crippen molar-refractivity contribution in [1.29, 1.82) is 5.26 Å². The standard InChI is InChI=1S/C21H25N7O/c1-20(2,3)16-14(12-22)18(26-24-16)25-23-15-17(21(4,5)6)27-28(19(15)29)13-10-8-7-9-11-13/h7-11,29H,1-6H3,(H,24,26)/b25-23+. The van der Waals surface area contributed by atoms with Crippen LogP contribution < -0.4 is 0 Å². The second-order valence-electron chi connectivity index (χ2n) is 8.88. The van der Waals surface area contributed by atoms with Crippen LogP contribution in [0.4, 0.5) is 11.5 Å². The third-order valence-electron chi connectivity index (χ3n) is 4.37. The molecule has 0 atom stereocenters. The number of para-hydroxylation sites is 1. The van der Waals surface area contributed by atoms with Crippen molar-refractivity contribution in [3.05, 3.63) is 47.3 Å². The van der Waals surface area contributed by atoms with E-state index in [1.54, 1.807) is 0 Å². The average molecular weight is 391 g/mol. The number of nitrogens with one attached hydrogen (secondary N) is 1. The molecule has 3 aromatic rings. The summed E-state index contributed by atoms with van der Waals surface area (Å²) >= 11 is 0. The molecular formula is C21H25N7O. The third-order valence-corrected chi connectivity index (χ3v) is 4.37. The Hall–Kier alpha value is -3.47. The van der Waals surface area contributed by atoms with Gasteiger partial charge in [0.2, 0.25) is 5.88 Å². The Bertz CT molecular complexity index is 1090. The number of benzene rings is 1. The van der Waals surface area contributed by atoms with E-state index in [0.29, 0.717) is 22.6 Å². The van der Waals surface area contributed by atoms with Gasteiger partial charge in [-0.2, -0.15) is 20.1 Å². The Morgan fingerprint density at radius 3 is 2.17 bits per heavy atom. The number of aromatic hydroxyl groups is 1. The number of H-pyrrole nitrogens is 1. The van der Waals surface area contributed by atoms with Crippen LogP contribution in [0.5, 0.6) is 5.88 Å². The van der Waals surface area contributed by atoms with Gasteiger partial charge in [0.15, 0.2) is 11.5 Å². The molecule has 29 heavy (non-hydrogen) atoms. The minimum Gasteiger partial charge on any atom is -0.492 e.